The van der Waals surface area contributed by atoms with Gasteiger partial charge in [0.05, 0.1) is 14.2 Å². The van der Waals surface area contributed by atoms with E-state index in [2.05, 4.69) is 0 Å². The maximum Gasteiger partial charge on any atom is 0.224 e. The van der Waals surface area contributed by atoms with Crippen molar-refractivity contribution in [2.45, 2.75) is 25.9 Å². The van der Waals surface area contributed by atoms with E-state index in [1.165, 1.54) is 0 Å². The average molecular weight is 266 g/mol. The number of hydrogen-bond donors (Lipinski definition) is 1. The molecule has 0 saturated carbocycles. The first-order chi connectivity index (χ1) is 8.97. The number of ether oxygens (including phenoxy) is 2. The molecule has 0 aromatic heterocycles. The third-order valence-electron chi connectivity index (χ3n) is 2.82. The summed E-state index contributed by atoms with van der Waals surface area (Å²) in [5, 5.41) is 0. The average Bonchev–Trinajstić information content (AvgIpc) is 2.37. The van der Waals surface area contributed by atoms with Gasteiger partial charge < -0.3 is 20.1 Å². The predicted octanol–water partition coefficient (Wildman–Crippen LogP) is 1.40. The summed E-state index contributed by atoms with van der Waals surface area (Å²) in [6.07, 6.45) is 0.336. The first-order valence-electron chi connectivity index (χ1n) is 6.18. The monoisotopic (exact) mass is 266 g/mol. The van der Waals surface area contributed by atoms with Crippen LogP contribution in [0.4, 0.5) is 0 Å². The highest BCUT2D eigenvalue weighted by Crippen LogP contribution is 2.25. The number of nitrogens with two attached hydrogens (primary N) is 1. The highest BCUT2D eigenvalue weighted by molar-refractivity contribution is 5.76. The fourth-order valence-electron chi connectivity index (χ4n) is 1.78. The number of benzene rings is 1. The van der Waals surface area contributed by atoms with Crippen molar-refractivity contribution in [3.63, 3.8) is 0 Å². The molecule has 0 fully saturated rings. The van der Waals surface area contributed by atoms with Gasteiger partial charge in [0.25, 0.3) is 0 Å². The zero-order valence-electron chi connectivity index (χ0n) is 12.0. The Hall–Kier alpha value is -1.75. The van der Waals surface area contributed by atoms with Crippen LogP contribution in [0.25, 0.3) is 0 Å². The summed E-state index contributed by atoms with van der Waals surface area (Å²) in [7, 11) is 4.97. The minimum atomic E-state index is -0.137. The second kappa shape index (κ2) is 6.99. The lowest BCUT2D eigenvalue weighted by molar-refractivity contribution is -0.130. The normalized spacial score (nSPS) is 11.8. The van der Waals surface area contributed by atoms with Crippen molar-refractivity contribution in [3.05, 3.63) is 23.8 Å². The second-order valence-corrected chi connectivity index (χ2v) is 4.61. The molecule has 1 atom stereocenters. The molecule has 1 rings (SSSR count). The summed E-state index contributed by atoms with van der Waals surface area (Å²) in [4.78, 5) is 13.5. The molecule has 0 aliphatic rings. The Kier molecular flexibility index (Phi) is 5.63. The van der Waals surface area contributed by atoms with Crippen LogP contribution in [-0.4, -0.2) is 38.1 Å². The largest absolute Gasteiger partial charge is 0.497 e. The Balaban J connectivity index is 2.82. The van der Waals surface area contributed by atoms with E-state index in [1.807, 2.05) is 25.1 Å². The Labute approximate surface area is 114 Å². The van der Waals surface area contributed by atoms with Gasteiger partial charge in [0.2, 0.25) is 5.91 Å². The summed E-state index contributed by atoms with van der Waals surface area (Å²) >= 11 is 0. The van der Waals surface area contributed by atoms with Gasteiger partial charge in [-0.25, -0.2) is 0 Å². The van der Waals surface area contributed by atoms with Crippen molar-refractivity contribution in [2.75, 3.05) is 21.3 Å². The van der Waals surface area contributed by atoms with Crippen LogP contribution in [0, 0.1) is 0 Å². The molecular formula is C14H22N2O3. The number of methoxy groups -OCH3 is 2. The molecule has 5 heteroatoms. The maximum absolute atomic E-state index is 11.9. The van der Waals surface area contributed by atoms with Gasteiger partial charge in [0, 0.05) is 31.6 Å². The van der Waals surface area contributed by atoms with Crippen LogP contribution in [0.2, 0.25) is 0 Å². The predicted molar refractivity (Wildman–Crippen MR) is 74.3 cm³/mol. The van der Waals surface area contributed by atoms with Crippen molar-refractivity contribution in [2.24, 2.45) is 5.73 Å². The van der Waals surface area contributed by atoms with Gasteiger partial charge in [-0.15, -0.1) is 0 Å². The van der Waals surface area contributed by atoms with Gasteiger partial charge in [0.1, 0.15) is 11.5 Å². The van der Waals surface area contributed by atoms with Crippen molar-refractivity contribution in [3.8, 4) is 11.5 Å². The van der Waals surface area contributed by atoms with Gasteiger partial charge in [-0.1, -0.05) is 0 Å². The van der Waals surface area contributed by atoms with Crippen LogP contribution in [-0.2, 0) is 11.3 Å². The lowest BCUT2D eigenvalue weighted by Crippen LogP contribution is -2.31. The summed E-state index contributed by atoms with van der Waals surface area (Å²) in [5.74, 6) is 1.49. The van der Waals surface area contributed by atoms with Crippen LogP contribution in [0.5, 0.6) is 11.5 Å². The first kappa shape index (κ1) is 15.3. The topological polar surface area (TPSA) is 64.8 Å². The quantitative estimate of drug-likeness (QED) is 0.845. The van der Waals surface area contributed by atoms with Crippen molar-refractivity contribution < 1.29 is 14.3 Å². The van der Waals surface area contributed by atoms with E-state index >= 15 is 0 Å². The summed E-state index contributed by atoms with van der Waals surface area (Å²) in [6.45, 7) is 2.28. The van der Waals surface area contributed by atoms with E-state index in [-0.39, 0.29) is 11.9 Å². The minimum absolute atomic E-state index is 0.0138. The molecule has 0 heterocycles. The number of carbonyl (C=O) groups is 1. The molecule has 0 aliphatic carbocycles. The van der Waals surface area contributed by atoms with E-state index in [0.29, 0.717) is 13.0 Å². The van der Waals surface area contributed by atoms with Crippen molar-refractivity contribution in [1.29, 1.82) is 0 Å². The molecule has 0 radical (unpaired) electrons. The molecule has 19 heavy (non-hydrogen) atoms. The zero-order chi connectivity index (χ0) is 14.4. The van der Waals surface area contributed by atoms with E-state index in [9.17, 15) is 4.79 Å². The molecule has 5 nitrogen and oxygen atoms in total. The smallest absolute Gasteiger partial charge is 0.224 e. The number of carbonyl (C=O) groups excluding carboxylic acids is 1. The van der Waals surface area contributed by atoms with Crippen LogP contribution < -0.4 is 15.2 Å². The summed E-state index contributed by atoms with van der Waals surface area (Å²) in [5.41, 5.74) is 6.54. The molecule has 106 valence electrons. The van der Waals surface area contributed by atoms with Gasteiger partial charge in [-0.05, 0) is 25.1 Å². The van der Waals surface area contributed by atoms with Gasteiger partial charge in [-0.3, -0.25) is 4.79 Å². The summed E-state index contributed by atoms with van der Waals surface area (Å²) in [6, 6.07) is 5.39. The van der Waals surface area contributed by atoms with Crippen LogP contribution in [0.15, 0.2) is 18.2 Å². The SMILES string of the molecule is COc1ccc(OC)c(CN(C)C(=O)CC(C)N)c1. The van der Waals surface area contributed by atoms with Crippen LogP contribution in [0.1, 0.15) is 18.9 Å². The summed E-state index contributed by atoms with van der Waals surface area (Å²) < 4.78 is 10.5. The fraction of sp³-hybridized carbons (Fsp3) is 0.500. The Morgan fingerprint density at radius 1 is 1.37 bits per heavy atom. The molecular weight excluding hydrogens is 244 g/mol. The molecule has 0 saturated heterocycles. The standard InChI is InChI=1S/C14H22N2O3/c1-10(15)7-14(17)16(2)9-11-8-12(18-3)5-6-13(11)19-4/h5-6,8,10H,7,9,15H2,1-4H3. The van der Waals surface area contributed by atoms with Crippen molar-refractivity contribution >= 4 is 5.91 Å². The second-order valence-electron chi connectivity index (χ2n) is 4.61. The molecule has 2 N–H and O–H groups in total. The van der Waals surface area contributed by atoms with Crippen molar-refractivity contribution in [1.82, 2.24) is 4.90 Å². The number of nitrogens with zero attached hydrogens (tertiary/aromatic N) is 1. The Bertz CT molecular complexity index is 433. The number of amides is 1. The highest BCUT2D eigenvalue weighted by atomic mass is 16.5. The molecule has 0 bridgehead atoms. The Morgan fingerprint density at radius 3 is 2.58 bits per heavy atom. The molecule has 0 spiro atoms. The van der Waals surface area contributed by atoms with E-state index in [1.54, 1.807) is 26.2 Å². The lowest BCUT2D eigenvalue weighted by atomic mass is 10.1. The first-order valence-corrected chi connectivity index (χ1v) is 6.18. The Morgan fingerprint density at radius 2 is 2.05 bits per heavy atom. The molecule has 1 amide bonds. The maximum atomic E-state index is 11.9. The third kappa shape index (κ3) is 4.44. The number of rotatable bonds is 6. The van der Waals surface area contributed by atoms with Gasteiger partial charge in [-0.2, -0.15) is 0 Å². The molecule has 1 aromatic rings. The third-order valence-corrected chi connectivity index (χ3v) is 2.82. The minimum Gasteiger partial charge on any atom is -0.497 e. The van der Waals surface area contributed by atoms with Crippen LogP contribution in [0.3, 0.4) is 0 Å². The van der Waals surface area contributed by atoms with Crippen LogP contribution >= 0.6 is 0 Å². The number of hydrogen-bond acceptors (Lipinski definition) is 4. The molecule has 0 aliphatic heterocycles. The van der Waals surface area contributed by atoms with E-state index < -0.39 is 0 Å². The molecule has 1 aromatic carbocycles. The lowest BCUT2D eigenvalue weighted by Gasteiger charge is -2.20. The van der Waals surface area contributed by atoms with Gasteiger partial charge in [0.15, 0.2) is 0 Å². The molecule has 1 unspecified atom stereocenters. The van der Waals surface area contributed by atoms with Gasteiger partial charge >= 0.3 is 0 Å². The fourth-order valence-corrected chi connectivity index (χ4v) is 1.78. The highest BCUT2D eigenvalue weighted by Gasteiger charge is 2.14. The zero-order valence-corrected chi connectivity index (χ0v) is 12.0. The van der Waals surface area contributed by atoms with E-state index in [0.717, 1.165) is 17.1 Å². The van der Waals surface area contributed by atoms with E-state index in [4.69, 9.17) is 15.2 Å².